The third-order valence-corrected chi connectivity index (χ3v) is 11.3. The van der Waals surface area contributed by atoms with E-state index in [1.165, 1.54) is 23.5 Å². The van der Waals surface area contributed by atoms with Gasteiger partial charge in [-0.2, -0.15) is 4.31 Å². The van der Waals surface area contributed by atoms with E-state index in [-0.39, 0.29) is 28.6 Å². The molecule has 5 N–H and O–H groups in total. The van der Waals surface area contributed by atoms with Crippen LogP contribution in [0.25, 0.3) is 16.6 Å². The van der Waals surface area contributed by atoms with Gasteiger partial charge in [-0.25, -0.2) is 21.6 Å². The van der Waals surface area contributed by atoms with Gasteiger partial charge in [0.15, 0.2) is 9.84 Å². The number of aliphatic hydroxyl groups excluding tert-OH is 1. The van der Waals surface area contributed by atoms with E-state index in [0.717, 1.165) is 22.8 Å². The molecular weight excluding hydrogens is 620 g/mol. The topological polar surface area (TPSA) is 181 Å². The molecule has 0 amide bonds. The van der Waals surface area contributed by atoms with E-state index >= 15 is 0 Å². The van der Waals surface area contributed by atoms with Gasteiger partial charge in [-0.15, -0.1) is 0 Å². The lowest BCUT2D eigenvalue weighted by Crippen LogP contribution is -2.41. The second kappa shape index (κ2) is 12.8. The molecule has 12 nitrogen and oxygen atoms in total. The van der Waals surface area contributed by atoms with Crippen LogP contribution in [0.4, 0.5) is 5.69 Å². The molecule has 1 aromatic heterocycles. The van der Waals surface area contributed by atoms with Gasteiger partial charge in [0.25, 0.3) is 0 Å². The number of ether oxygens (including phenoxy) is 1. The number of piperidine rings is 1. The highest BCUT2D eigenvalue weighted by molar-refractivity contribution is 7.91. The number of anilines is 1. The summed E-state index contributed by atoms with van der Waals surface area (Å²) in [5.74, 6) is -0.727. The number of aromatic nitrogens is 1. The summed E-state index contributed by atoms with van der Waals surface area (Å²) in [7, 11) is -6.17. The van der Waals surface area contributed by atoms with Crippen molar-refractivity contribution in [2.24, 2.45) is 5.92 Å². The van der Waals surface area contributed by atoms with E-state index in [2.05, 4.69) is 5.32 Å². The van der Waals surface area contributed by atoms with Crippen LogP contribution < -0.4 is 11.1 Å². The maximum absolute atomic E-state index is 13.4. The highest BCUT2D eigenvalue weighted by Gasteiger charge is 2.30. The van der Waals surface area contributed by atoms with Crippen LogP contribution in [-0.4, -0.2) is 81.4 Å². The largest absolute Gasteiger partial charge is 0.507 e. The number of methoxy groups -OCH3 is 1. The lowest BCUT2D eigenvalue weighted by molar-refractivity contribution is 0.0603. The zero-order valence-corrected chi connectivity index (χ0v) is 26.5. The summed E-state index contributed by atoms with van der Waals surface area (Å²) in [5.41, 5.74) is 7.96. The van der Waals surface area contributed by atoms with Crippen LogP contribution in [0.3, 0.4) is 0 Å². The SMILES string of the molecule is COC(=O)c1cccc2c1ccn2-c1ccc(S(=O)(=O)N2CCC(CNC[C@H](O)c3ccc(O)c(S(C)(=O)=O)c3N)CC2)cc1. The van der Waals surface area contributed by atoms with Crippen molar-refractivity contribution in [2.75, 3.05) is 45.3 Å². The van der Waals surface area contributed by atoms with Crippen molar-refractivity contribution in [1.82, 2.24) is 14.2 Å². The monoisotopic (exact) mass is 656 g/mol. The number of nitrogen functional groups attached to an aromatic ring is 1. The summed E-state index contributed by atoms with van der Waals surface area (Å²) in [4.78, 5) is 11.9. The van der Waals surface area contributed by atoms with Gasteiger partial charge in [0.2, 0.25) is 10.0 Å². The minimum Gasteiger partial charge on any atom is -0.507 e. The van der Waals surface area contributed by atoms with Crippen LogP contribution in [0.1, 0.15) is 34.9 Å². The smallest absolute Gasteiger partial charge is 0.338 e. The third-order valence-electron chi connectivity index (χ3n) is 8.17. The number of sulfonamides is 1. The van der Waals surface area contributed by atoms with Crippen molar-refractivity contribution in [2.45, 2.75) is 28.7 Å². The lowest BCUT2D eigenvalue weighted by atomic mass is 9.98. The number of sulfone groups is 1. The zero-order chi connectivity index (χ0) is 32.5. The number of carbonyl (C=O) groups excluding carboxylic acids is 1. The average molecular weight is 657 g/mol. The van der Waals surface area contributed by atoms with Gasteiger partial charge in [-0.05, 0) is 73.8 Å². The van der Waals surface area contributed by atoms with E-state index in [4.69, 9.17) is 10.5 Å². The molecule has 14 heteroatoms. The first-order chi connectivity index (χ1) is 21.3. The number of aliphatic hydroxyl groups is 1. The summed E-state index contributed by atoms with van der Waals surface area (Å²) in [6.45, 7) is 1.32. The first-order valence-corrected chi connectivity index (χ1v) is 17.6. The molecule has 0 spiro atoms. The molecule has 1 aliphatic heterocycles. The third kappa shape index (κ3) is 6.56. The highest BCUT2D eigenvalue weighted by Crippen LogP contribution is 2.34. The number of hydrogen-bond donors (Lipinski definition) is 4. The number of hydrogen-bond acceptors (Lipinski definition) is 10. The van der Waals surface area contributed by atoms with E-state index in [0.29, 0.717) is 38.0 Å². The molecule has 1 fully saturated rings. The zero-order valence-electron chi connectivity index (χ0n) is 24.9. The van der Waals surface area contributed by atoms with E-state index in [1.807, 2.05) is 22.9 Å². The summed E-state index contributed by atoms with van der Waals surface area (Å²) < 4.78 is 59.1. The molecule has 240 valence electrons. The Morgan fingerprint density at radius 3 is 2.38 bits per heavy atom. The number of benzene rings is 3. The number of phenols is 1. The van der Waals surface area contributed by atoms with Crippen molar-refractivity contribution in [3.05, 3.63) is 78.0 Å². The molecule has 5 rings (SSSR count). The van der Waals surface area contributed by atoms with Gasteiger partial charge in [-0.1, -0.05) is 12.1 Å². The Morgan fingerprint density at radius 2 is 1.73 bits per heavy atom. The van der Waals surface area contributed by atoms with Crippen LogP contribution in [-0.2, 0) is 24.6 Å². The Labute approximate surface area is 262 Å². The number of nitrogens with one attached hydrogen (secondary N) is 1. The minimum atomic E-state index is -3.80. The number of esters is 1. The number of nitrogens with two attached hydrogens (primary N) is 1. The quantitative estimate of drug-likeness (QED) is 0.146. The van der Waals surface area contributed by atoms with Gasteiger partial charge in [0.05, 0.1) is 34.9 Å². The van der Waals surface area contributed by atoms with Crippen LogP contribution in [0, 0.1) is 5.92 Å². The van der Waals surface area contributed by atoms with Gasteiger partial charge in [-0.3, -0.25) is 0 Å². The number of fused-ring (bicyclic) bond motifs is 1. The van der Waals surface area contributed by atoms with E-state index in [9.17, 15) is 31.8 Å². The lowest BCUT2D eigenvalue weighted by Gasteiger charge is -2.31. The molecule has 45 heavy (non-hydrogen) atoms. The fourth-order valence-electron chi connectivity index (χ4n) is 5.78. The van der Waals surface area contributed by atoms with Crippen molar-refractivity contribution in [1.29, 1.82) is 0 Å². The van der Waals surface area contributed by atoms with Crippen molar-refractivity contribution < 1.29 is 36.6 Å². The molecule has 3 aromatic carbocycles. The molecule has 1 atom stereocenters. The fourth-order valence-corrected chi connectivity index (χ4v) is 8.21. The Hall–Kier alpha value is -3.95. The fraction of sp³-hybridized carbons (Fsp3) is 0.323. The molecule has 0 bridgehead atoms. The standard InChI is InChI=1S/C31H36N4O8S2/c1-43-31(38)24-4-3-5-26-23(24)14-17-35(26)21-6-8-22(9-7-21)45(41,42)34-15-12-20(13-16-34)18-33-19-28(37)25-10-11-27(36)30(29(25)32)44(2,39)40/h3-11,14,17,20,28,33,36-37H,12-13,15-16,18-19,32H2,1-2H3/t28-/m0/s1. The first-order valence-electron chi connectivity index (χ1n) is 14.3. The molecule has 1 saturated heterocycles. The van der Waals surface area contributed by atoms with Gasteiger partial charge in [0.1, 0.15) is 10.6 Å². The predicted octanol–water partition coefficient (Wildman–Crippen LogP) is 2.83. The number of rotatable bonds is 10. The van der Waals surface area contributed by atoms with E-state index < -0.39 is 42.6 Å². The second-order valence-electron chi connectivity index (χ2n) is 11.1. The molecule has 0 aliphatic carbocycles. The first kappa shape index (κ1) is 32.4. The van der Waals surface area contributed by atoms with Crippen LogP contribution in [0.15, 0.2) is 76.7 Å². The van der Waals surface area contributed by atoms with Gasteiger partial charge < -0.3 is 30.6 Å². The van der Waals surface area contributed by atoms with E-state index in [1.54, 1.807) is 36.4 Å². The molecular formula is C31H36N4O8S2. The summed E-state index contributed by atoms with van der Waals surface area (Å²) >= 11 is 0. The summed E-state index contributed by atoms with van der Waals surface area (Å²) in [5, 5.41) is 24.5. The van der Waals surface area contributed by atoms with Crippen LogP contribution in [0.5, 0.6) is 5.75 Å². The number of nitrogens with zero attached hydrogens (tertiary/aromatic N) is 2. The Bertz CT molecular complexity index is 1930. The highest BCUT2D eigenvalue weighted by atomic mass is 32.2. The Balaban J connectivity index is 1.18. The summed E-state index contributed by atoms with van der Waals surface area (Å²) in [6, 6.07) is 16.4. The Kier molecular flexibility index (Phi) is 9.23. The van der Waals surface area contributed by atoms with Crippen LogP contribution >= 0.6 is 0 Å². The summed E-state index contributed by atoms with van der Waals surface area (Å²) in [6.07, 6.45) is 2.90. The van der Waals surface area contributed by atoms with Crippen LogP contribution in [0.2, 0.25) is 0 Å². The number of carbonyl (C=O) groups is 1. The maximum Gasteiger partial charge on any atom is 0.338 e. The van der Waals surface area contributed by atoms with Gasteiger partial charge in [0, 0.05) is 48.7 Å². The molecule has 0 unspecified atom stereocenters. The second-order valence-corrected chi connectivity index (χ2v) is 15.0. The predicted molar refractivity (Wildman–Crippen MR) is 170 cm³/mol. The molecule has 2 heterocycles. The Morgan fingerprint density at radius 1 is 1.04 bits per heavy atom. The maximum atomic E-state index is 13.4. The molecule has 0 saturated carbocycles. The average Bonchev–Trinajstić information content (AvgIpc) is 3.45. The normalized spacial score (nSPS) is 15.7. The molecule has 1 aliphatic rings. The minimum absolute atomic E-state index is 0.101. The van der Waals surface area contributed by atoms with Gasteiger partial charge >= 0.3 is 5.97 Å². The molecule has 0 radical (unpaired) electrons. The molecule has 4 aromatic rings. The number of phenolic OH excluding ortho intramolecular Hbond substituents is 1. The van der Waals surface area contributed by atoms with Crippen molar-refractivity contribution in [3.8, 4) is 11.4 Å². The number of aromatic hydroxyl groups is 1. The van der Waals surface area contributed by atoms with Crippen molar-refractivity contribution >= 4 is 42.4 Å². The van der Waals surface area contributed by atoms with Crippen molar-refractivity contribution in [3.63, 3.8) is 0 Å².